The molecule has 0 unspecified atom stereocenters. The summed E-state index contributed by atoms with van der Waals surface area (Å²) in [5.41, 5.74) is 10.2. The third-order valence-corrected chi connectivity index (χ3v) is 6.24. The minimum Gasteiger partial charge on any atom is -0.491 e. The number of carboxylic acid groups (broad SMARTS) is 1. The molecule has 1 fully saturated rings. The highest BCUT2D eigenvalue weighted by molar-refractivity contribution is 5.82. The summed E-state index contributed by atoms with van der Waals surface area (Å²) >= 11 is 0. The summed E-state index contributed by atoms with van der Waals surface area (Å²) < 4.78 is 44.2. The van der Waals surface area contributed by atoms with Crippen LogP contribution in [0.3, 0.4) is 0 Å². The van der Waals surface area contributed by atoms with Gasteiger partial charge in [0.05, 0.1) is 24.0 Å². The van der Waals surface area contributed by atoms with Crippen LogP contribution >= 0.6 is 0 Å². The van der Waals surface area contributed by atoms with Crippen molar-refractivity contribution < 1.29 is 32.5 Å². The van der Waals surface area contributed by atoms with Gasteiger partial charge in [-0.05, 0) is 62.9 Å². The number of hydrogen-bond acceptors (Lipinski definition) is 8. The van der Waals surface area contributed by atoms with Crippen LogP contribution in [0.2, 0.25) is 0 Å². The number of carboxylic acids is 1. The Morgan fingerprint density at radius 3 is 2.41 bits per heavy atom. The number of aliphatic carboxylic acids is 1. The monoisotopic (exact) mass is 548 g/mol. The number of nitrogens with one attached hydrogen (secondary N) is 2. The highest BCUT2D eigenvalue weighted by atomic mass is 19.4. The Morgan fingerprint density at radius 1 is 1.21 bits per heavy atom. The number of pyridine rings is 1. The number of carbonyl (C=O) groups is 1. The Hall–Kier alpha value is -4.02. The van der Waals surface area contributed by atoms with Crippen LogP contribution in [0.15, 0.2) is 36.5 Å². The molecule has 1 saturated carbocycles. The maximum Gasteiger partial charge on any atom is 0.490 e. The molecule has 1 aliphatic carbocycles. The molecule has 39 heavy (non-hydrogen) atoms. The normalized spacial score (nSPS) is 17.1. The molecule has 5 N–H and O–H groups in total. The zero-order valence-corrected chi connectivity index (χ0v) is 21.6. The molecule has 0 amide bonds. The number of methoxy groups -OCH3 is 1. The molecule has 13 heteroatoms. The third kappa shape index (κ3) is 7.75. The summed E-state index contributed by atoms with van der Waals surface area (Å²) in [6, 6.07) is 12.6. The molecule has 1 aliphatic rings. The topological polar surface area (TPSA) is 147 Å². The molecular weight excluding hydrogens is 517 g/mol. The zero-order chi connectivity index (χ0) is 28.6. The van der Waals surface area contributed by atoms with E-state index in [4.69, 9.17) is 25.1 Å². The van der Waals surface area contributed by atoms with Crippen LogP contribution in [-0.2, 0) is 9.53 Å². The van der Waals surface area contributed by atoms with Gasteiger partial charge in [-0.15, -0.1) is 0 Å². The van der Waals surface area contributed by atoms with Crippen molar-refractivity contribution >= 4 is 28.7 Å². The second-order valence-electron chi connectivity index (χ2n) is 9.01. The molecule has 0 atom stereocenters. The first-order chi connectivity index (χ1) is 18.5. The molecule has 0 bridgehead atoms. The Morgan fingerprint density at radius 2 is 1.85 bits per heavy atom. The molecule has 1 aromatic carbocycles. The number of alkyl halides is 3. The lowest BCUT2D eigenvalue weighted by atomic mass is 9.91. The van der Waals surface area contributed by atoms with Crippen molar-refractivity contribution in [3.63, 3.8) is 0 Å². The summed E-state index contributed by atoms with van der Waals surface area (Å²) in [6.07, 6.45) is 0.637. The Bertz CT molecular complexity index is 1300. The smallest absolute Gasteiger partial charge is 0.490 e. The van der Waals surface area contributed by atoms with E-state index in [1.165, 1.54) is 0 Å². The minimum atomic E-state index is -5.08. The Balaban J connectivity index is 0.000000532. The number of ether oxygens (including phenoxy) is 2. The molecule has 0 aliphatic heterocycles. The number of nitrogens with zero attached hydrogens (tertiary/aromatic N) is 3. The van der Waals surface area contributed by atoms with Crippen molar-refractivity contribution in [3.05, 3.63) is 47.7 Å². The molecular formula is C26H31F3N6O4. The number of halogens is 3. The van der Waals surface area contributed by atoms with E-state index in [2.05, 4.69) is 21.8 Å². The third-order valence-electron chi connectivity index (χ3n) is 6.24. The fourth-order valence-electron chi connectivity index (χ4n) is 4.19. The number of anilines is 3. The van der Waals surface area contributed by atoms with E-state index in [9.17, 15) is 18.4 Å². The summed E-state index contributed by atoms with van der Waals surface area (Å²) in [6.45, 7) is 3.07. The standard InChI is InChI=1S/C24H30N6O2.C2HF3O2/c1-16-23(28-18-5-3-17(26)4-6-18)21(15-25)22-11-12-27-30(22)24(16)29-19-7-9-20(10-8-19)32-14-13-31-2;3-2(4,5)1(6)7/h7-12,17-18,28-29H,3-6,13-14,26H2,1-2H3;(H,6,7)/t17-,18-;. The number of rotatable bonds is 8. The van der Waals surface area contributed by atoms with Crippen LogP contribution in [0.25, 0.3) is 5.52 Å². The maximum absolute atomic E-state index is 10.6. The number of nitrogens with two attached hydrogens (primary N) is 1. The van der Waals surface area contributed by atoms with Crippen molar-refractivity contribution in [1.82, 2.24) is 9.61 Å². The quantitative estimate of drug-likeness (QED) is 0.297. The molecule has 3 aromatic rings. The van der Waals surface area contributed by atoms with Gasteiger partial charge in [0.2, 0.25) is 0 Å². The minimum absolute atomic E-state index is 0.278. The second kappa shape index (κ2) is 13.2. The van der Waals surface area contributed by atoms with Gasteiger partial charge in [0.15, 0.2) is 0 Å². The lowest BCUT2D eigenvalue weighted by Crippen LogP contribution is -2.33. The van der Waals surface area contributed by atoms with Gasteiger partial charge in [-0.25, -0.2) is 9.31 Å². The van der Waals surface area contributed by atoms with Crippen LogP contribution in [0, 0.1) is 18.3 Å². The van der Waals surface area contributed by atoms with Crippen LogP contribution in [0.5, 0.6) is 5.75 Å². The maximum atomic E-state index is 10.6. The molecule has 0 radical (unpaired) electrons. The average Bonchev–Trinajstić information content (AvgIpc) is 3.38. The van der Waals surface area contributed by atoms with Gasteiger partial charge >= 0.3 is 12.1 Å². The van der Waals surface area contributed by atoms with Gasteiger partial charge < -0.3 is 30.9 Å². The van der Waals surface area contributed by atoms with Gasteiger partial charge in [0.25, 0.3) is 0 Å². The Kier molecular flexibility index (Phi) is 9.97. The highest BCUT2D eigenvalue weighted by Gasteiger charge is 2.38. The molecule has 4 rings (SSSR count). The van der Waals surface area contributed by atoms with Gasteiger partial charge in [-0.1, -0.05) is 0 Å². The molecule has 210 valence electrons. The van der Waals surface area contributed by atoms with E-state index >= 15 is 0 Å². The first-order valence-electron chi connectivity index (χ1n) is 12.3. The highest BCUT2D eigenvalue weighted by Crippen LogP contribution is 2.35. The van der Waals surface area contributed by atoms with E-state index in [1.54, 1.807) is 17.8 Å². The molecule has 0 saturated heterocycles. The zero-order valence-electron chi connectivity index (χ0n) is 21.6. The van der Waals surface area contributed by atoms with E-state index in [-0.39, 0.29) is 6.04 Å². The van der Waals surface area contributed by atoms with Crippen LogP contribution < -0.4 is 21.1 Å². The number of fused-ring (bicyclic) bond motifs is 1. The summed E-state index contributed by atoms with van der Waals surface area (Å²) in [5, 5.41) is 28.7. The van der Waals surface area contributed by atoms with E-state index in [0.717, 1.165) is 59.7 Å². The molecule has 2 aromatic heterocycles. The largest absolute Gasteiger partial charge is 0.491 e. The van der Waals surface area contributed by atoms with Crippen molar-refractivity contribution in [2.45, 2.75) is 50.9 Å². The number of nitriles is 1. The SMILES string of the molecule is COCCOc1ccc(Nc2c(C)c(N[C@H]3CC[C@H](N)CC3)c(C#N)c3ccnn23)cc1.O=C(O)C(F)(F)F. The first-order valence-corrected chi connectivity index (χ1v) is 12.3. The number of aromatic nitrogens is 2. The van der Waals surface area contributed by atoms with Crippen molar-refractivity contribution in [2.24, 2.45) is 5.73 Å². The van der Waals surface area contributed by atoms with Gasteiger partial charge in [-0.2, -0.15) is 23.5 Å². The second-order valence-corrected chi connectivity index (χ2v) is 9.01. The van der Waals surface area contributed by atoms with Crippen LogP contribution in [0.1, 0.15) is 36.8 Å². The van der Waals surface area contributed by atoms with Crippen molar-refractivity contribution in [1.29, 1.82) is 5.26 Å². The van der Waals surface area contributed by atoms with Gasteiger partial charge in [-0.3, -0.25) is 0 Å². The summed E-state index contributed by atoms with van der Waals surface area (Å²) in [7, 11) is 1.65. The fourth-order valence-corrected chi connectivity index (χ4v) is 4.19. The van der Waals surface area contributed by atoms with Gasteiger partial charge in [0, 0.05) is 30.4 Å². The van der Waals surface area contributed by atoms with E-state index in [0.29, 0.717) is 24.8 Å². The first kappa shape index (κ1) is 29.5. The van der Waals surface area contributed by atoms with Crippen LogP contribution in [0.4, 0.5) is 30.4 Å². The predicted octanol–water partition coefficient (Wildman–Crippen LogP) is 4.60. The van der Waals surface area contributed by atoms with Crippen LogP contribution in [-0.4, -0.2) is 59.3 Å². The van der Waals surface area contributed by atoms with Crippen molar-refractivity contribution in [3.8, 4) is 11.8 Å². The molecule has 2 heterocycles. The summed E-state index contributed by atoms with van der Waals surface area (Å²) in [4.78, 5) is 8.90. The molecule has 0 spiro atoms. The molecule has 10 nitrogen and oxygen atoms in total. The summed E-state index contributed by atoms with van der Waals surface area (Å²) in [5.74, 6) is -1.15. The lowest BCUT2D eigenvalue weighted by Gasteiger charge is -2.29. The lowest BCUT2D eigenvalue weighted by molar-refractivity contribution is -0.192. The number of hydrogen-bond donors (Lipinski definition) is 4. The van der Waals surface area contributed by atoms with E-state index in [1.807, 2.05) is 37.3 Å². The van der Waals surface area contributed by atoms with Gasteiger partial charge in [0.1, 0.15) is 29.8 Å². The fraction of sp³-hybridized carbons (Fsp3) is 0.423. The average molecular weight is 549 g/mol. The van der Waals surface area contributed by atoms with Crippen molar-refractivity contribution in [2.75, 3.05) is 31.0 Å². The van der Waals surface area contributed by atoms with E-state index < -0.39 is 12.1 Å². The predicted molar refractivity (Wildman–Crippen MR) is 139 cm³/mol. The number of benzene rings is 1. The Labute approximate surface area is 223 Å².